The molecule has 2 atom stereocenters. The smallest absolute Gasteiger partial charge is 0.169 e. The van der Waals surface area contributed by atoms with Crippen molar-refractivity contribution in [2.45, 2.75) is 38.6 Å². The third kappa shape index (κ3) is 3.65. The molecular weight excluding hydrogens is 232 g/mol. The molecule has 1 aromatic rings. The summed E-state index contributed by atoms with van der Waals surface area (Å²) in [7, 11) is 0. The fourth-order valence-corrected chi connectivity index (χ4v) is 2.24. The summed E-state index contributed by atoms with van der Waals surface area (Å²) in [6.07, 6.45) is 1.07. The molecule has 0 aliphatic rings. The van der Waals surface area contributed by atoms with Crippen LogP contribution in [0.3, 0.4) is 0 Å². The van der Waals surface area contributed by atoms with Crippen LogP contribution in [0.4, 0.5) is 0 Å². The van der Waals surface area contributed by atoms with E-state index in [1.807, 2.05) is 23.4 Å². The summed E-state index contributed by atoms with van der Waals surface area (Å²) < 4.78 is 1.83. The molecule has 0 saturated heterocycles. The van der Waals surface area contributed by atoms with Gasteiger partial charge in [-0.1, -0.05) is 6.92 Å². The molecule has 0 aliphatic carbocycles. The Morgan fingerprint density at radius 3 is 2.80 bits per heavy atom. The number of thioether (sulfide) groups is 1. The van der Waals surface area contributed by atoms with Crippen LogP contribution in [0.1, 0.15) is 44.4 Å². The fraction of sp³-hybridized carbons (Fsp3) is 0.889. The molecule has 0 amide bonds. The van der Waals surface area contributed by atoms with Gasteiger partial charge in [-0.25, -0.2) is 4.68 Å². The Hall–Kier alpha value is -0.290. The molecule has 6 heteroatoms. The Morgan fingerprint density at radius 2 is 2.20 bits per heavy atom. The van der Waals surface area contributed by atoms with Crippen LogP contribution < -0.4 is 0 Å². The standard InChI is InChI=1S/C9H17ClN4S/c1-4-15-6-5-7(2)14-9(8(3)10)11-12-13-14/h7-8H,4-6H2,1-3H3. The van der Waals surface area contributed by atoms with E-state index in [4.69, 9.17) is 11.6 Å². The molecule has 4 nitrogen and oxygen atoms in total. The van der Waals surface area contributed by atoms with Crippen molar-refractivity contribution >= 4 is 23.4 Å². The van der Waals surface area contributed by atoms with Gasteiger partial charge in [0.05, 0.1) is 11.4 Å². The van der Waals surface area contributed by atoms with Gasteiger partial charge >= 0.3 is 0 Å². The first-order chi connectivity index (χ1) is 7.16. The van der Waals surface area contributed by atoms with Crippen LogP contribution in [0.15, 0.2) is 0 Å². The molecule has 2 unspecified atom stereocenters. The minimum Gasteiger partial charge on any atom is -0.225 e. The highest BCUT2D eigenvalue weighted by atomic mass is 35.5. The van der Waals surface area contributed by atoms with Crippen molar-refractivity contribution in [2.24, 2.45) is 0 Å². The number of halogens is 1. The van der Waals surface area contributed by atoms with Gasteiger partial charge in [-0.2, -0.15) is 11.8 Å². The van der Waals surface area contributed by atoms with Gasteiger partial charge in [-0.3, -0.25) is 0 Å². The Morgan fingerprint density at radius 1 is 1.47 bits per heavy atom. The van der Waals surface area contributed by atoms with E-state index in [2.05, 4.69) is 29.4 Å². The van der Waals surface area contributed by atoms with Crippen LogP contribution in [0.25, 0.3) is 0 Å². The zero-order valence-corrected chi connectivity index (χ0v) is 10.9. The largest absolute Gasteiger partial charge is 0.225 e. The number of rotatable bonds is 6. The third-order valence-corrected chi connectivity index (χ3v) is 3.30. The quantitative estimate of drug-likeness (QED) is 0.574. The Kier molecular flexibility index (Phi) is 5.39. The van der Waals surface area contributed by atoms with Crippen LogP contribution in [0.2, 0.25) is 0 Å². The zero-order chi connectivity index (χ0) is 11.3. The highest BCUT2D eigenvalue weighted by Crippen LogP contribution is 2.21. The average Bonchev–Trinajstić information content (AvgIpc) is 2.66. The Balaban J connectivity index is 2.56. The van der Waals surface area contributed by atoms with Gasteiger partial charge in [-0.15, -0.1) is 16.7 Å². The Labute approximate surface area is 99.8 Å². The molecule has 1 rings (SSSR count). The molecule has 0 fully saturated rings. The molecule has 0 aromatic carbocycles. The molecule has 0 radical (unpaired) electrons. The van der Waals surface area contributed by atoms with E-state index >= 15 is 0 Å². The lowest BCUT2D eigenvalue weighted by atomic mass is 10.2. The van der Waals surface area contributed by atoms with Crippen LogP contribution in [0.5, 0.6) is 0 Å². The lowest BCUT2D eigenvalue weighted by Crippen LogP contribution is -2.12. The predicted molar refractivity (Wildman–Crippen MR) is 64.4 cm³/mol. The maximum absolute atomic E-state index is 5.99. The zero-order valence-electron chi connectivity index (χ0n) is 9.35. The summed E-state index contributed by atoms with van der Waals surface area (Å²) in [5.41, 5.74) is 0. The molecule has 15 heavy (non-hydrogen) atoms. The average molecular weight is 249 g/mol. The second-order valence-electron chi connectivity index (χ2n) is 3.43. The van der Waals surface area contributed by atoms with Gasteiger partial charge in [0.25, 0.3) is 0 Å². The number of hydrogen-bond acceptors (Lipinski definition) is 4. The number of nitrogens with zero attached hydrogens (tertiary/aromatic N) is 4. The van der Waals surface area contributed by atoms with E-state index in [9.17, 15) is 0 Å². The van der Waals surface area contributed by atoms with E-state index in [-0.39, 0.29) is 5.38 Å². The molecule has 0 spiro atoms. The Bertz CT molecular complexity index is 289. The van der Waals surface area contributed by atoms with Crippen molar-refractivity contribution in [1.82, 2.24) is 20.2 Å². The first-order valence-corrected chi connectivity index (χ1v) is 6.75. The van der Waals surface area contributed by atoms with Crippen LogP contribution >= 0.6 is 23.4 Å². The van der Waals surface area contributed by atoms with Crippen molar-refractivity contribution in [3.8, 4) is 0 Å². The SMILES string of the molecule is CCSCCC(C)n1nnnc1C(C)Cl. The van der Waals surface area contributed by atoms with Crippen LogP contribution in [0, 0.1) is 0 Å². The lowest BCUT2D eigenvalue weighted by Gasteiger charge is -2.13. The lowest BCUT2D eigenvalue weighted by molar-refractivity contribution is 0.450. The van der Waals surface area contributed by atoms with Crippen molar-refractivity contribution < 1.29 is 0 Å². The third-order valence-electron chi connectivity index (χ3n) is 2.18. The van der Waals surface area contributed by atoms with Gasteiger partial charge < -0.3 is 0 Å². The summed E-state index contributed by atoms with van der Waals surface area (Å²) in [6.45, 7) is 6.17. The van der Waals surface area contributed by atoms with Gasteiger partial charge in [-0.05, 0) is 42.2 Å². The minimum atomic E-state index is -0.138. The number of aromatic nitrogens is 4. The van der Waals surface area contributed by atoms with E-state index < -0.39 is 0 Å². The van der Waals surface area contributed by atoms with Crippen LogP contribution in [-0.2, 0) is 0 Å². The van der Waals surface area contributed by atoms with E-state index in [1.165, 1.54) is 0 Å². The molecule has 1 heterocycles. The second-order valence-corrected chi connectivity index (χ2v) is 5.48. The summed E-state index contributed by atoms with van der Waals surface area (Å²) in [6, 6.07) is 0.315. The summed E-state index contributed by atoms with van der Waals surface area (Å²) in [4.78, 5) is 0. The van der Waals surface area contributed by atoms with Gasteiger partial charge in [0, 0.05) is 0 Å². The van der Waals surface area contributed by atoms with Crippen molar-refractivity contribution in [3.05, 3.63) is 5.82 Å². The fourth-order valence-electron chi connectivity index (χ4n) is 1.30. The molecule has 0 bridgehead atoms. The molecule has 86 valence electrons. The maximum Gasteiger partial charge on any atom is 0.169 e. The molecular formula is C9H17ClN4S. The summed E-state index contributed by atoms with van der Waals surface area (Å²) >= 11 is 7.92. The number of tetrazole rings is 1. The van der Waals surface area contributed by atoms with E-state index in [0.29, 0.717) is 6.04 Å². The summed E-state index contributed by atoms with van der Waals surface area (Å²) in [5.74, 6) is 3.04. The minimum absolute atomic E-state index is 0.138. The van der Waals surface area contributed by atoms with E-state index in [1.54, 1.807) is 0 Å². The van der Waals surface area contributed by atoms with E-state index in [0.717, 1.165) is 23.8 Å². The van der Waals surface area contributed by atoms with Crippen molar-refractivity contribution in [3.63, 3.8) is 0 Å². The first-order valence-electron chi connectivity index (χ1n) is 5.16. The normalized spacial score (nSPS) is 15.2. The molecule has 0 saturated carbocycles. The first kappa shape index (κ1) is 12.8. The summed E-state index contributed by atoms with van der Waals surface area (Å²) in [5, 5.41) is 11.4. The topological polar surface area (TPSA) is 43.6 Å². The maximum atomic E-state index is 5.99. The van der Waals surface area contributed by atoms with Crippen LogP contribution in [-0.4, -0.2) is 31.7 Å². The number of alkyl halides is 1. The second kappa shape index (κ2) is 6.33. The monoisotopic (exact) mass is 248 g/mol. The predicted octanol–water partition coefficient (Wildman–Crippen LogP) is 2.68. The number of hydrogen-bond donors (Lipinski definition) is 0. The van der Waals surface area contributed by atoms with Crippen molar-refractivity contribution in [1.29, 1.82) is 0 Å². The molecule has 1 aromatic heterocycles. The molecule has 0 aliphatic heterocycles. The molecule has 0 N–H and O–H groups in total. The van der Waals surface area contributed by atoms with Gasteiger partial charge in [0.1, 0.15) is 0 Å². The van der Waals surface area contributed by atoms with Gasteiger partial charge in [0.15, 0.2) is 5.82 Å². The highest BCUT2D eigenvalue weighted by Gasteiger charge is 2.16. The van der Waals surface area contributed by atoms with Crippen molar-refractivity contribution in [2.75, 3.05) is 11.5 Å². The van der Waals surface area contributed by atoms with Gasteiger partial charge in [0.2, 0.25) is 0 Å². The highest BCUT2D eigenvalue weighted by molar-refractivity contribution is 7.99.